The Morgan fingerprint density at radius 2 is 1.90 bits per heavy atom. The molecule has 5 heteroatoms. The highest BCUT2D eigenvalue weighted by Gasteiger charge is 2.22. The predicted molar refractivity (Wildman–Crippen MR) is 124 cm³/mol. The molecule has 5 nitrogen and oxygen atoms in total. The number of allylic oxidation sites excluding steroid dienone is 3. The average Bonchev–Trinajstić information content (AvgIpc) is 2.97. The number of likely N-dealkylation sites (tertiary alicyclic amines) is 1. The minimum absolute atomic E-state index is 0.439. The van der Waals surface area contributed by atoms with E-state index < -0.39 is 0 Å². The number of anilines is 2. The predicted octanol–water partition coefficient (Wildman–Crippen LogP) is 5.04. The third-order valence-electron chi connectivity index (χ3n) is 5.97. The van der Waals surface area contributed by atoms with E-state index in [0.717, 1.165) is 63.8 Å². The van der Waals surface area contributed by atoms with Crippen molar-refractivity contribution in [3.05, 3.63) is 35.6 Å². The molecule has 29 heavy (non-hydrogen) atoms. The van der Waals surface area contributed by atoms with Gasteiger partial charge in [-0.2, -0.15) is 4.98 Å². The third-order valence-corrected chi connectivity index (χ3v) is 5.97. The first-order valence-corrected chi connectivity index (χ1v) is 11.5. The zero-order valence-electron chi connectivity index (χ0n) is 18.7. The van der Waals surface area contributed by atoms with Crippen molar-refractivity contribution < 1.29 is 0 Å². The van der Waals surface area contributed by atoms with Gasteiger partial charge in [0.2, 0.25) is 5.95 Å². The number of rotatable bonds is 8. The van der Waals surface area contributed by atoms with Gasteiger partial charge in [0, 0.05) is 45.0 Å². The topological polar surface area (TPSA) is 44.3 Å². The summed E-state index contributed by atoms with van der Waals surface area (Å²) in [6.07, 6.45) is 15.3. The molecule has 2 fully saturated rings. The molecule has 0 radical (unpaired) electrons. The van der Waals surface area contributed by atoms with Crippen molar-refractivity contribution in [1.82, 2.24) is 14.9 Å². The second kappa shape index (κ2) is 11.3. The summed E-state index contributed by atoms with van der Waals surface area (Å²) in [5, 5.41) is 3.58. The summed E-state index contributed by atoms with van der Waals surface area (Å²) in [7, 11) is 0. The Kier molecular flexibility index (Phi) is 8.53. The maximum absolute atomic E-state index is 4.82. The highest BCUT2D eigenvalue weighted by Crippen LogP contribution is 2.19. The molecule has 0 aromatic carbocycles. The maximum Gasteiger partial charge on any atom is 0.224 e. The number of aromatic nitrogens is 2. The van der Waals surface area contributed by atoms with Crippen molar-refractivity contribution in [2.24, 2.45) is 0 Å². The van der Waals surface area contributed by atoms with Gasteiger partial charge in [-0.15, -0.1) is 0 Å². The minimum atomic E-state index is 0.439. The van der Waals surface area contributed by atoms with Crippen LogP contribution in [0.15, 0.2) is 35.6 Å². The van der Waals surface area contributed by atoms with Crippen LogP contribution in [0.4, 0.5) is 11.8 Å². The van der Waals surface area contributed by atoms with E-state index >= 15 is 0 Å². The summed E-state index contributed by atoms with van der Waals surface area (Å²) in [5.41, 5.74) is 2.90. The fourth-order valence-electron chi connectivity index (χ4n) is 4.17. The van der Waals surface area contributed by atoms with E-state index in [-0.39, 0.29) is 0 Å². The number of nitrogens with zero attached hydrogens (tertiary/aromatic N) is 4. The van der Waals surface area contributed by atoms with Crippen LogP contribution in [0.1, 0.15) is 65.7 Å². The van der Waals surface area contributed by atoms with Gasteiger partial charge in [-0.25, -0.2) is 4.98 Å². The highest BCUT2D eigenvalue weighted by molar-refractivity contribution is 5.43. The Balaban J connectivity index is 1.46. The first-order chi connectivity index (χ1) is 14.1. The summed E-state index contributed by atoms with van der Waals surface area (Å²) in [6.45, 7) is 12.1. The van der Waals surface area contributed by atoms with Gasteiger partial charge < -0.3 is 10.2 Å². The summed E-state index contributed by atoms with van der Waals surface area (Å²) in [5.74, 6) is 1.86. The molecule has 1 atom stereocenters. The monoisotopic (exact) mass is 397 g/mol. The molecule has 1 aromatic heterocycles. The van der Waals surface area contributed by atoms with E-state index in [1.165, 1.54) is 36.8 Å². The second-order valence-electron chi connectivity index (χ2n) is 8.90. The fraction of sp³-hybridized carbons (Fsp3) is 0.667. The van der Waals surface area contributed by atoms with Gasteiger partial charge in [0.25, 0.3) is 0 Å². The van der Waals surface area contributed by atoms with Crippen molar-refractivity contribution in [2.75, 3.05) is 42.9 Å². The van der Waals surface area contributed by atoms with Gasteiger partial charge in [-0.05, 0) is 58.9 Å². The summed E-state index contributed by atoms with van der Waals surface area (Å²) in [6, 6.07) is 2.49. The van der Waals surface area contributed by atoms with Crippen LogP contribution in [0.5, 0.6) is 0 Å². The Labute approximate surface area is 177 Å². The second-order valence-corrected chi connectivity index (χ2v) is 8.90. The molecule has 2 aliphatic heterocycles. The van der Waals surface area contributed by atoms with Gasteiger partial charge in [0.15, 0.2) is 0 Å². The third kappa shape index (κ3) is 7.46. The molecule has 1 unspecified atom stereocenters. The SMILES string of the molecule is CC(C)=CCCC(C)=CCN1CCC(Nc2nccc(N3CCCCCC3)n2)C1. The number of hydrogen-bond acceptors (Lipinski definition) is 5. The molecule has 2 saturated heterocycles. The van der Waals surface area contributed by atoms with E-state index in [0.29, 0.717) is 6.04 Å². The Morgan fingerprint density at radius 3 is 2.66 bits per heavy atom. The van der Waals surface area contributed by atoms with Crippen molar-refractivity contribution in [1.29, 1.82) is 0 Å². The van der Waals surface area contributed by atoms with E-state index in [9.17, 15) is 0 Å². The highest BCUT2D eigenvalue weighted by atomic mass is 15.3. The van der Waals surface area contributed by atoms with Gasteiger partial charge in [-0.3, -0.25) is 4.90 Å². The molecule has 0 saturated carbocycles. The zero-order valence-corrected chi connectivity index (χ0v) is 18.7. The molecule has 3 rings (SSSR count). The largest absolute Gasteiger partial charge is 0.356 e. The Bertz CT molecular complexity index is 684. The van der Waals surface area contributed by atoms with Crippen LogP contribution in [-0.4, -0.2) is 53.6 Å². The molecular weight excluding hydrogens is 358 g/mol. The van der Waals surface area contributed by atoms with Crippen LogP contribution in [0.25, 0.3) is 0 Å². The minimum Gasteiger partial charge on any atom is -0.356 e. The lowest BCUT2D eigenvalue weighted by Crippen LogP contribution is -2.28. The van der Waals surface area contributed by atoms with Crippen LogP contribution < -0.4 is 10.2 Å². The molecular formula is C24H39N5. The van der Waals surface area contributed by atoms with Gasteiger partial charge in [0.05, 0.1) is 0 Å². The van der Waals surface area contributed by atoms with Crippen LogP contribution in [-0.2, 0) is 0 Å². The molecule has 1 aromatic rings. The standard InChI is InChI=1S/C24H39N5/c1-20(2)9-8-10-21(3)12-17-28-18-13-22(19-28)26-24-25-14-11-23(27-24)29-15-6-4-5-7-16-29/h9,11-12,14,22H,4-8,10,13,15-19H2,1-3H3,(H,25,26,27). The molecule has 2 aliphatic rings. The van der Waals surface area contributed by atoms with E-state index in [1.807, 2.05) is 6.20 Å². The van der Waals surface area contributed by atoms with Gasteiger partial charge in [-0.1, -0.05) is 36.1 Å². The maximum atomic E-state index is 4.82. The molecule has 1 N–H and O–H groups in total. The van der Waals surface area contributed by atoms with Crippen molar-refractivity contribution >= 4 is 11.8 Å². The van der Waals surface area contributed by atoms with E-state index in [1.54, 1.807) is 0 Å². The van der Waals surface area contributed by atoms with E-state index in [2.05, 4.69) is 59.1 Å². The van der Waals surface area contributed by atoms with E-state index in [4.69, 9.17) is 4.98 Å². The fourth-order valence-corrected chi connectivity index (χ4v) is 4.17. The molecule has 0 aliphatic carbocycles. The lowest BCUT2D eigenvalue weighted by Gasteiger charge is -2.22. The first kappa shape index (κ1) is 21.8. The lowest BCUT2D eigenvalue weighted by molar-refractivity contribution is 0.373. The van der Waals surface area contributed by atoms with Crippen LogP contribution in [0.2, 0.25) is 0 Å². The normalized spacial score (nSPS) is 21.1. The van der Waals surface area contributed by atoms with Gasteiger partial charge in [0.1, 0.15) is 5.82 Å². The summed E-state index contributed by atoms with van der Waals surface area (Å²) >= 11 is 0. The van der Waals surface area contributed by atoms with Crippen molar-refractivity contribution in [3.8, 4) is 0 Å². The molecule has 0 bridgehead atoms. The van der Waals surface area contributed by atoms with Gasteiger partial charge >= 0.3 is 0 Å². The quantitative estimate of drug-likeness (QED) is 0.623. The van der Waals surface area contributed by atoms with Crippen molar-refractivity contribution in [3.63, 3.8) is 0 Å². The van der Waals surface area contributed by atoms with Crippen molar-refractivity contribution in [2.45, 2.75) is 71.8 Å². The van der Waals surface area contributed by atoms with Crippen LogP contribution in [0, 0.1) is 0 Å². The van der Waals surface area contributed by atoms with Crippen LogP contribution in [0.3, 0.4) is 0 Å². The smallest absolute Gasteiger partial charge is 0.224 e. The molecule has 0 spiro atoms. The average molecular weight is 398 g/mol. The first-order valence-electron chi connectivity index (χ1n) is 11.5. The molecule has 3 heterocycles. The zero-order chi connectivity index (χ0) is 20.5. The number of nitrogens with one attached hydrogen (secondary N) is 1. The molecule has 160 valence electrons. The lowest BCUT2D eigenvalue weighted by atomic mass is 10.1. The van der Waals surface area contributed by atoms with Crippen LogP contribution >= 0.6 is 0 Å². The summed E-state index contributed by atoms with van der Waals surface area (Å²) in [4.78, 5) is 14.2. The number of hydrogen-bond donors (Lipinski definition) is 1. The summed E-state index contributed by atoms with van der Waals surface area (Å²) < 4.78 is 0. The molecule has 0 amide bonds. The Hall–Kier alpha value is -1.88. The Morgan fingerprint density at radius 1 is 1.10 bits per heavy atom.